The maximum absolute atomic E-state index is 5.20. The molecule has 1 aromatic rings. The molecular weight excluding hydrogens is 196 g/mol. The number of hydrogen-bond acceptors (Lipinski definition) is 1. The van der Waals surface area contributed by atoms with E-state index in [4.69, 9.17) is 4.74 Å². The van der Waals surface area contributed by atoms with Gasteiger partial charge in [-0.05, 0) is 49.8 Å². The van der Waals surface area contributed by atoms with Crippen LogP contribution in [-0.4, -0.2) is 7.11 Å². The van der Waals surface area contributed by atoms with Crippen LogP contribution in [0.15, 0.2) is 35.4 Å². The minimum Gasteiger partial charge on any atom is -0.497 e. The zero-order valence-corrected chi connectivity index (χ0v) is 10.6. The van der Waals surface area contributed by atoms with Crippen LogP contribution in [0.2, 0.25) is 0 Å². The Hall–Kier alpha value is -1.24. The summed E-state index contributed by atoms with van der Waals surface area (Å²) in [5.41, 5.74) is 4.82. The molecule has 0 bridgehead atoms. The maximum Gasteiger partial charge on any atom is 0.118 e. The average Bonchev–Trinajstić information content (AvgIpc) is 2.54. The highest BCUT2D eigenvalue weighted by atomic mass is 16.5. The number of benzene rings is 1. The van der Waals surface area contributed by atoms with Gasteiger partial charge in [-0.2, -0.15) is 0 Å². The first-order valence-corrected chi connectivity index (χ1v) is 5.85. The van der Waals surface area contributed by atoms with Crippen LogP contribution >= 0.6 is 0 Å². The third kappa shape index (κ3) is 1.87. The van der Waals surface area contributed by atoms with Gasteiger partial charge < -0.3 is 4.74 Å². The first-order valence-electron chi connectivity index (χ1n) is 5.85. The summed E-state index contributed by atoms with van der Waals surface area (Å²) in [6.07, 6.45) is 2.37. The molecule has 1 aliphatic rings. The second-order valence-corrected chi connectivity index (χ2v) is 5.20. The van der Waals surface area contributed by atoms with Gasteiger partial charge >= 0.3 is 0 Å². The van der Waals surface area contributed by atoms with Gasteiger partial charge in [0.05, 0.1) is 7.11 Å². The summed E-state index contributed by atoms with van der Waals surface area (Å²) < 4.78 is 5.20. The number of allylic oxidation sites excluding steroid dienone is 2. The van der Waals surface area contributed by atoms with Crippen molar-refractivity contribution in [3.05, 3.63) is 41.0 Å². The van der Waals surface area contributed by atoms with Gasteiger partial charge in [0.15, 0.2) is 0 Å². The topological polar surface area (TPSA) is 9.23 Å². The standard InChI is InChI=1S/C15H20O/c1-11-9-15(3,10-12(11)2)13-5-7-14(16-4)8-6-13/h5-8H,9-10H2,1-4H3. The molecule has 0 unspecified atom stereocenters. The number of methoxy groups -OCH3 is 1. The van der Waals surface area contributed by atoms with E-state index in [2.05, 4.69) is 45.0 Å². The molecule has 0 N–H and O–H groups in total. The van der Waals surface area contributed by atoms with E-state index in [-0.39, 0.29) is 0 Å². The van der Waals surface area contributed by atoms with Crippen LogP contribution < -0.4 is 4.74 Å². The molecule has 0 heterocycles. The molecule has 2 rings (SSSR count). The SMILES string of the molecule is COc1ccc(C2(C)CC(C)=C(C)C2)cc1. The lowest BCUT2D eigenvalue weighted by molar-refractivity contribution is 0.413. The van der Waals surface area contributed by atoms with E-state index in [1.54, 1.807) is 18.3 Å². The normalized spacial score (nSPS) is 19.0. The summed E-state index contributed by atoms with van der Waals surface area (Å²) in [4.78, 5) is 0. The summed E-state index contributed by atoms with van der Waals surface area (Å²) in [5.74, 6) is 0.937. The van der Waals surface area contributed by atoms with Crippen molar-refractivity contribution in [1.29, 1.82) is 0 Å². The molecule has 0 atom stereocenters. The Morgan fingerprint density at radius 1 is 1.00 bits per heavy atom. The van der Waals surface area contributed by atoms with Crippen molar-refractivity contribution in [3.8, 4) is 5.75 Å². The van der Waals surface area contributed by atoms with Crippen LogP contribution in [0.5, 0.6) is 5.75 Å². The van der Waals surface area contributed by atoms with Crippen molar-refractivity contribution in [2.45, 2.75) is 39.0 Å². The van der Waals surface area contributed by atoms with Crippen molar-refractivity contribution in [3.63, 3.8) is 0 Å². The zero-order valence-electron chi connectivity index (χ0n) is 10.6. The Balaban J connectivity index is 2.25. The Morgan fingerprint density at radius 3 is 1.94 bits per heavy atom. The molecule has 1 aromatic carbocycles. The number of rotatable bonds is 2. The third-order valence-electron chi connectivity index (χ3n) is 3.83. The number of hydrogen-bond donors (Lipinski definition) is 0. The smallest absolute Gasteiger partial charge is 0.118 e. The van der Waals surface area contributed by atoms with E-state index in [1.165, 1.54) is 18.4 Å². The van der Waals surface area contributed by atoms with Gasteiger partial charge in [-0.1, -0.05) is 30.2 Å². The van der Waals surface area contributed by atoms with Crippen LogP contribution in [0.4, 0.5) is 0 Å². The highest BCUT2D eigenvalue weighted by Crippen LogP contribution is 2.43. The fourth-order valence-electron chi connectivity index (χ4n) is 2.73. The first kappa shape index (κ1) is 11.3. The average molecular weight is 216 g/mol. The molecule has 0 radical (unpaired) electrons. The number of ether oxygens (including phenoxy) is 1. The summed E-state index contributed by atoms with van der Waals surface area (Å²) in [6.45, 7) is 6.86. The second kappa shape index (κ2) is 3.97. The fraction of sp³-hybridized carbons (Fsp3) is 0.467. The van der Waals surface area contributed by atoms with Gasteiger partial charge in [0.1, 0.15) is 5.75 Å². The largest absolute Gasteiger partial charge is 0.497 e. The molecule has 0 spiro atoms. The fourth-order valence-corrected chi connectivity index (χ4v) is 2.73. The van der Waals surface area contributed by atoms with Gasteiger partial charge in [0.2, 0.25) is 0 Å². The second-order valence-electron chi connectivity index (χ2n) is 5.20. The quantitative estimate of drug-likeness (QED) is 0.677. The third-order valence-corrected chi connectivity index (χ3v) is 3.83. The summed E-state index contributed by atoms with van der Waals surface area (Å²) in [7, 11) is 1.71. The summed E-state index contributed by atoms with van der Waals surface area (Å²) in [6, 6.07) is 8.52. The predicted octanol–water partition coefficient (Wildman–Crippen LogP) is 4.08. The molecule has 0 aliphatic heterocycles. The molecule has 0 fully saturated rings. The predicted molar refractivity (Wildman–Crippen MR) is 68.0 cm³/mol. The molecule has 1 aliphatic carbocycles. The van der Waals surface area contributed by atoms with Gasteiger partial charge in [-0.15, -0.1) is 0 Å². The van der Waals surface area contributed by atoms with Crippen LogP contribution in [0.3, 0.4) is 0 Å². The molecule has 16 heavy (non-hydrogen) atoms. The first-order chi connectivity index (χ1) is 7.55. The molecule has 1 heteroatoms. The molecule has 0 amide bonds. The van der Waals surface area contributed by atoms with E-state index in [0.29, 0.717) is 5.41 Å². The van der Waals surface area contributed by atoms with Gasteiger partial charge in [0, 0.05) is 0 Å². The van der Waals surface area contributed by atoms with Crippen molar-refractivity contribution in [1.82, 2.24) is 0 Å². The summed E-state index contributed by atoms with van der Waals surface area (Å²) in [5, 5.41) is 0. The van der Waals surface area contributed by atoms with Crippen molar-refractivity contribution < 1.29 is 4.74 Å². The van der Waals surface area contributed by atoms with E-state index < -0.39 is 0 Å². The molecule has 0 saturated heterocycles. The summed E-state index contributed by atoms with van der Waals surface area (Å²) >= 11 is 0. The van der Waals surface area contributed by atoms with Crippen LogP contribution in [0.25, 0.3) is 0 Å². The Bertz CT molecular complexity index is 398. The molecule has 0 aromatic heterocycles. The maximum atomic E-state index is 5.20. The van der Waals surface area contributed by atoms with Crippen LogP contribution in [0.1, 0.15) is 39.2 Å². The Kier molecular flexibility index (Phi) is 2.79. The lowest BCUT2D eigenvalue weighted by Crippen LogP contribution is -2.18. The minimum absolute atomic E-state index is 0.292. The minimum atomic E-state index is 0.292. The highest BCUT2D eigenvalue weighted by molar-refractivity contribution is 5.37. The Labute approximate surface area is 98.1 Å². The van der Waals surface area contributed by atoms with Crippen molar-refractivity contribution >= 4 is 0 Å². The monoisotopic (exact) mass is 216 g/mol. The van der Waals surface area contributed by atoms with Crippen molar-refractivity contribution in [2.75, 3.05) is 7.11 Å². The zero-order chi connectivity index (χ0) is 11.8. The van der Waals surface area contributed by atoms with E-state index in [9.17, 15) is 0 Å². The molecule has 0 saturated carbocycles. The lowest BCUT2D eigenvalue weighted by atomic mass is 9.79. The van der Waals surface area contributed by atoms with Gasteiger partial charge in [-0.3, -0.25) is 0 Å². The van der Waals surface area contributed by atoms with Crippen LogP contribution in [-0.2, 0) is 5.41 Å². The Morgan fingerprint density at radius 2 is 1.50 bits per heavy atom. The molecular formula is C15H20O. The van der Waals surface area contributed by atoms with E-state index in [0.717, 1.165) is 5.75 Å². The van der Waals surface area contributed by atoms with Crippen LogP contribution in [0, 0.1) is 0 Å². The van der Waals surface area contributed by atoms with Gasteiger partial charge in [0.25, 0.3) is 0 Å². The lowest BCUT2D eigenvalue weighted by Gasteiger charge is -2.25. The molecule has 86 valence electrons. The molecule has 1 nitrogen and oxygen atoms in total. The van der Waals surface area contributed by atoms with E-state index in [1.807, 2.05) is 0 Å². The van der Waals surface area contributed by atoms with Gasteiger partial charge in [-0.25, -0.2) is 0 Å². The van der Waals surface area contributed by atoms with E-state index >= 15 is 0 Å². The highest BCUT2D eigenvalue weighted by Gasteiger charge is 2.32. The van der Waals surface area contributed by atoms with Crippen molar-refractivity contribution in [2.24, 2.45) is 0 Å².